The zero-order chi connectivity index (χ0) is 15.9. The minimum atomic E-state index is -0.463. The molecule has 22 heavy (non-hydrogen) atoms. The number of hydrogen-bond acceptors (Lipinski definition) is 5. The highest BCUT2D eigenvalue weighted by Crippen LogP contribution is 2.06. The first-order valence-corrected chi connectivity index (χ1v) is 7.40. The first-order chi connectivity index (χ1) is 10.7. The van der Waals surface area contributed by atoms with Crippen molar-refractivity contribution < 1.29 is 9.53 Å². The van der Waals surface area contributed by atoms with E-state index in [0.29, 0.717) is 43.9 Å². The van der Waals surface area contributed by atoms with Gasteiger partial charge in [0.2, 0.25) is 0 Å². The van der Waals surface area contributed by atoms with E-state index in [2.05, 4.69) is 15.3 Å². The lowest BCUT2D eigenvalue weighted by atomic mass is 10.3. The fourth-order valence-electron chi connectivity index (χ4n) is 2.12. The van der Waals surface area contributed by atoms with Gasteiger partial charge in [0.1, 0.15) is 5.52 Å². The maximum atomic E-state index is 12.4. The van der Waals surface area contributed by atoms with Crippen LogP contribution in [0.2, 0.25) is 0 Å². The molecular formula is C15H20N4O3. The molecule has 1 N–H and O–H groups in total. The Labute approximate surface area is 128 Å². The van der Waals surface area contributed by atoms with Crippen molar-refractivity contribution in [3.8, 4) is 0 Å². The summed E-state index contributed by atoms with van der Waals surface area (Å²) in [5.41, 5.74) is 0.501. The molecule has 2 aromatic rings. The topological polar surface area (TPSA) is 86.1 Å². The van der Waals surface area contributed by atoms with Crippen LogP contribution in [0.3, 0.4) is 0 Å². The summed E-state index contributed by atoms with van der Waals surface area (Å²) >= 11 is 0. The highest BCUT2D eigenvalue weighted by Gasteiger charge is 2.16. The molecular weight excluding hydrogens is 284 g/mol. The highest BCUT2D eigenvalue weighted by atomic mass is 16.5. The number of aryl methyl sites for hydroxylation is 1. The molecule has 2 heterocycles. The summed E-state index contributed by atoms with van der Waals surface area (Å²) in [5.74, 6) is -0.463. The Bertz CT molecular complexity index is 711. The third-order valence-corrected chi connectivity index (χ3v) is 3.19. The Morgan fingerprint density at radius 1 is 1.41 bits per heavy atom. The van der Waals surface area contributed by atoms with Crippen LogP contribution in [0.5, 0.6) is 0 Å². The summed E-state index contributed by atoms with van der Waals surface area (Å²) in [6, 6.07) is 3.46. The van der Waals surface area contributed by atoms with E-state index in [1.54, 1.807) is 18.3 Å². The lowest BCUT2D eigenvalue weighted by Gasteiger charge is -2.09. The van der Waals surface area contributed by atoms with E-state index in [4.69, 9.17) is 4.74 Å². The van der Waals surface area contributed by atoms with Gasteiger partial charge < -0.3 is 10.1 Å². The van der Waals surface area contributed by atoms with E-state index in [1.165, 1.54) is 4.57 Å². The van der Waals surface area contributed by atoms with Crippen LogP contribution < -0.4 is 10.9 Å². The number of hydrogen-bond donors (Lipinski definition) is 1. The van der Waals surface area contributed by atoms with Crippen LogP contribution in [-0.4, -0.2) is 40.2 Å². The fourth-order valence-corrected chi connectivity index (χ4v) is 2.12. The lowest BCUT2D eigenvalue weighted by Crippen LogP contribution is -2.35. The van der Waals surface area contributed by atoms with Crippen LogP contribution in [-0.2, 0) is 11.3 Å². The first kappa shape index (κ1) is 16.1. The first-order valence-electron chi connectivity index (χ1n) is 7.40. The molecule has 7 nitrogen and oxygen atoms in total. The van der Waals surface area contributed by atoms with Crippen molar-refractivity contribution in [1.29, 1.82) is 0 Å². The number of amides is 1. The van der Waals surface area contributed by atoms with Crippen molar-refractivity contribution in [3.05, 3.63) is 34.4 Å². The number of aromatic nitrogens is 3. The number of pyridine rings is 1. The molecule has 0 unspecified atom stereocenters. The zero-order valence-electron chi connectivity index (χ0n) is 12.8. The molecule has 118 valence electrons. The van der Waals surface area contributed by atoms with Gasteiger partial charge in [-0.1, -0.05) is 0 Å². The fraction of sp³-hybridized carbons (Fsp3) is 0.467. The number of carbonyl (C=O) groups is 1. The SMILES string of the molecule is CCOCCCNC(=O)c1nc2cccnc2n(CC)c1=O. The largest absolute Gasteiger partial charge is 0.382 e. The van der Waals surface area contributed by atoms with Crippen LogP contribution in [0.1, 0.15) is 30.8 Å². The molecule has 0 saturated heterocycles. The van der Waals surface area contributed by atoms with E-state index < -0.39 is 11.5 Å². The van der Waals surface area contributed by atoms with Gasteiger partial charge in [-0.25, -0.2) is 9.97 Å². The molecule has 0 bridgehead atoms. The predicted octanol–water partition coefficient (Wildman–Crippen LogP) is 0.968. The standard InChI is InChI=1S/C15H20N4O3/c1-3-19-13-11(7-5-8-16-13)18-12(15(19)21)14(20)17-9-6-10-22-4-2/h5,7-8H,3-4,6,9-10H2,1-2H3,(H,17,20). The number of rotatable bonds is 7. The molecule has 2 rings (SSSR count). The molecule has 1 amide bonds. The Morgan fingerprint density at radius 3 is 2.95 bits per heavy atom. The molecule has 0 aliphatic carbocycles. The molecule has 0 spiro atoms. The predicted molar refractivity (Wildman–Crippen MR) is 82.9 cm³/mol. The van der Waals surface area contributed by atoms with Gasteiger partial charge in [-0.2, -0.15) is 0 Å². The highest BCUT2D eigenvalue weighted by molar-refractivity contribution is 5.93. The van der Waals surface area contributed by atoms with Gasteiger partial charge in [0.15, 0.2) is 11.3 Å². The number of ether oxygens (including phenoxy) is 1. The van der Waals surface area contributed by atoms with Gasteiger partial charge in [-0.05, 0) is 32.4 Å². The van der Waals surface area contributed by atoms with Gasteiger partial charge in [-0.3, -0.25) is 14.2 Å². The van der Waals surface area contributed by atoms with Crippen molar-refractivity contribution in [3.63, 3.8) is 0 Å². The Balaban J connectivity index is 2.22. The van der Waals surface area contributed by atoms with Crippen molar-refractivity contribution >= 4 is 17.1 Å². The third-order valence-electron chi connectivity index (χ3n) is 3.19. The van der Waals surface area contributed by atoms with Crippen molar-refractivity contribution in [2.75, 3.05) is 19.8 Å². The number of nitrogens with zero attached hydrogens (tertiary/aromatic N) is 3. The zero-order valence-corrected chi connectivity index (χ0v) is 12.8. The monoisotopic (exact) mass is 304 g/mol. The molecule has 0 saturated carbocycles. The molecule has 0 radical (unpaired) electrons. The maximum absolute atomic E-state index is 12.4. The average molecular weight is 304 g/mol. The van der Waals surface area contributed by atoms with Crippen LogP contribution in [0.4, 0.5) is 0 Å². The summed E-state index contributed by atoms with van der Waals surface area (Å²) in [4.78, 5) is 32.8. The summed E-state index contributed by atoms with van der Waals surface area (Å²) in [6.07, 6.45) is 2.29. The molecule has 0 aliphatic rings. The number of nitrogens with one attached hydrogen (secondary N) is 1. The van der Waals surface area contributed by atoms with Crippen LogP contribution in [0.15, 0.2) is 23.1 Å². The van der Waals surface area contributed by atoms with Gasteiger partial charge >= 0.3 is 0 Å². The van der Waals surface area contributed by atoms with E-state index in [1.807, 2.05) is 13.8 Å². The minimum Gasteiger partial charge on any atom is -0.382 e. The van der Waals surface area contributed by atoms with Crippen LogP contribution in [0, 0.1) is 0 Å². The molecule has 0 atom stereocenters. The van der Waals surface area contributed by atoms with E-state index in [-0.39, 0.29) is 5.69 Å². The molecule has 0 aromatic carbocycles. The van der Waals surface area contributed by atoms with E-state index in [9.17, 15) is 9.59 Å². The number of carbonyl (C=O) groups excluding carboxylic acids is 1. The maximum Gasteiger partial charge on any atom is 0.283 e. The smallest absolute Gasteiger partial charge is 0.283 e. The van der Waals surface area contributed by atoms with Gasteiger partial charge in [0.25, 0.3) is 11.5 Å². The summed E-state index contributed by atoms with van der Waals surface area (Å²) in [6.45, 7) is 5.84. The number of fused-ring (bicyclic) bond motifs is 1. The molecule has 0 aliphatic heterocycles. The van der Waals surface area contributed by atoms with Crippen molar-refractivity contribution in [1.82, 2.24) is 19.9 Å². The second kappa shape index (κ2) is 7.65. The Hall–Kier alpha value is -2.28. The lowest BCUT2D eigenvalue weighted by molar-refractivity contribution is 0.0937. The minimum absolute atomic E-state index is 0.0984. The van der Waals surface area contributed by atoms with Gasteiger partial charge in [0, 0.05) is 32.5 Å². The summed E-state index contributed by atoms with van der Waals surface area (Å²) in [7, 11) is 0. The summed E-state index contributed by atoms with van der Waals surface area (Å²) in [5, 5.41) is 2.70. The molecule has 7 heteroatoms. The Kier molecular flexibility index (Phi) is 5.60. The average Bonchev–Trinajstić information content (AvgIpc) is 2.54. The second-order valence-corrected chi connectivity index (χ2v) is 4.66. The normalized spacial score (nSPS) is 10.8. The summed E-state index contributed by atoms with van der Waals surface area (Å²) < 4.78 is 6.65. The van der Waals surface area contributed by atoms with E-state index in [0.717, 1.165) is 0 Å². The van der Waals surface area contributed by atoms with E-state index >= 15 is 0 Å². The van der Waals surface area contributed by atoms with Gasteiger partial charge in [-0.15, -0.1) is 0 Å². The second-order valence-electron chi connectivity index (χ2n) is 4.66. The van der Waals surface area contributed by atoms with Crippen LogP contribution in [0.25, 0.3) is 11.2 Å². The van der Waals surface area contributed by atoms with Gasteiger partial charge in [0.05, 0.1) is 0 Å². The third kappa shape index (κ3) is 3.48. The van der Waals surface area contributed by atoms with Crippen LogP contribution >= 0.6 is 0 Å². The molecule has 2 aromatic heterocycles. The molecule has 0 fully saturated rings. The van der Waals surface area contributed by atoms with Crippen molar-refractivity contribution in [2.45, 2.75) is 26.8 Å². The Morgan fingerprint density at radius 2 is 2.23 bits per heavy atom. The quantitative estimate of drug-likeness (QED) is 0.770. The van der Waals surface area contributed by atoms with Crippen molar-refractivity contribution in [2.24, 2.45) is 0 Å².